The standard InChI is InChI=1S/C16H21BO3/c1-15(2)16(3,4)20-17(19-15)14-10-7-9-13(12-14)8-5-6-11-18/h5,7-12H,6H2,1-4H3. The van der Waals surface area contributed by atoms with Gasteiger partial charge in [0.1, 0.15) is 6.29 Å². The lowest BCUT2D eigenvalue weighted by Crippen LogP contribution is -2.41. The summed E-state index contributed by atoms with van der Waals surface area (Å²) >= 11 is 0. The molecule has 3 nitrogen and oxygen atoms in total. The molecule has 1 aliphatic rings. The second kappa shape index (κ2) is 5.54. The lowest BCUT2D eigenvalue weighted by molar-refractivity contribution is -0.107. The fourth-order valence-corrected chi connectivity index (χ4v) is 2.05. The normalized spacial score (nSPS) is 20.5. The van der Waals surface area contributed by atoms with Crippen LogP contribution >= 0.6 is 0 Å². The molecule has 1 fully saturated rings. The molecule has 0 unspecified atom stereocenters. The maximum Gasteiger partial charge on any atom is 0.494 e. The van der Waals surface area contributed by atoms with E-state index in [2.05, 4.69) is 0 Å². The topological polar surface area (TPSA) is 35.5 Å². The summed E-state index contributed by atoms with van der Waals surface area (Å²) in [5, 5.41) is 0. The first kappa shape index (κ1) is 15.0. The van der Waals surface area contributed by atoms with Crippen molar-refractivity contribution < 1.29 is 14.1 Å². The third kappa shape index (κ3) is 3.02. The lowest BCUT2D eigenvalue weighted by atomic mass is 9.78. The minimum Gasteiger partial charge on any atom is -0.399 e. The summed E-state index contributed by atoms with van der Waals surface area (Å²) in [4.78, 5) is 10.3. The molecule has 106 valence electrons. The molecule has 1 heterocycles. The van der Waals surface area contributed by atoms with E-state index in [0.29, 0.717) is 6.42 Å². The summed E-state index contributed by atoms with van der Waals surface area (Å²) in [6.07, 6.45) is 5.09. The van der Waals surface area contributed by atoms with Crippen LogP contribution in [0.25, 0.3) is 6.08 Å². The first-order valence-corrected chi connectivity index (χ1v) is 6.91. The highest BCUT2D eigenvalue weighted by Crippen LogP contribution is 2.36. The minimum atomic E-state index is -0.348. The van der Waals surface area contributed by atoms with Crippen LogP contribution in [0.4, 0.5) is 0 Å². The fourth-order valence-electron chi connectivity index (χ4n) is 2.05. The molecule has 0 aromatic heterocycles. The number of hydrogen-bond acceptors (Lipinski definition) is 3. The van der Waals surface area contributed by atoms with E-state index in [4.69, 9.17) is 9.31 Å². The number of hydrogen-bond donors (Lipinski definition) is 0. The first-order valence-electron chi connectivity index (χ1n) is 6.91. The Morgan fingerprint density at radius 2 is 1.80 bits per heavy atom. The van der Waals surface area contributed by atoms with E-state index in [9.17, 15) is 4.79 Å². The maximum atomic E-state index is 10.3. The Balaban J connectivity index is 2.18. The van der Waals surface area contributed by atoms with E-state index in [1.165, 1.54) is 0 Å². The molecule has 1 aromatic carbocycles. The van der Waals surface area contributed by atoms with Gasteiger partial charge >= 0.3 is 7.12 Å². The van der Waals surface area contributed by atoms with Crippen LogP contribution < -0.4 is 5.46 Å². The van der Waals surface area contributed by atoms with E-state index < -0.39 is 0 Å². The zero-order chi connectivity index (χ0) is 14.8. The number of allylic oxidation sites excluding steroid dienone is 1. The van der Waals surface area contributed by atoms with E-state index in [1.54, 1.807) is 0 Å². The van der Waals surface area contributed by atoms with Gasteiger partial charge in [0.05, 0.1) is 11.2 Å². The highest BCUT2D eigenvalue weighted by atomic mass is 16.7. The summed E-state index contributed by atoms with van der Waals surface area (Å²) < 4.78 is 12.1. The highest BCUT2D eigenvalue weighted by Gasteiger charge is 2.51. The molecule has 0 bridgehead atoms. The van der Waals surface area contributed by atoms with Gasteiger partial charge in [0, 0.05) is 6.42 Å². The Hall–Kier alpha value is -1.39. The maximum absolute atomic E-state index is 10.3. The van der Waals surface area contributed by atoms with Gasteiger partial charge in [0.15, 0.2) is 0 Å². The Bertz CT molecular complexity index is 504. The monoisotopic (exact) mass is 272 g/mol. The third-order valence-corrected chi connectivity index (χ3v) is 3.98. The van der Waals surface area contributed by atoms with Crippen molar-refractivity contribution in [3.63, 3.8) is 0 Å². The third-order valence-electron chi connectivity index (χ3n) is 3.98. The van der Waals surface area contributed by atoms with Crippen molar-refractivity contribution >= 4 is 24.9 Å². The predicted molar refractivity (Wildman–Crippen MR) is 81.9 cm³/mol. The van der Waals surface area contributed by atoms with Gasteiger partial charge in [-0.2, -0.15) is 0 Å². The second-order valence-electron chi connectivity index (χ2n) is 6.06. The molecule has 0 amide bonds. The largest absolute Gasteiger partial charge is 0.494 e. The fraction of sp³-hybridized carbons (Fsp3) is 0.438. The molecule has 0 saturated carbocycles. The molecule has 0 spiro atoms. The quantitative estimate of drug-likeness (QED) is 0.624. The number of carbonyl (C=O) groups is 1. The van der Waals surface area contributed by atoms with Gasteiger partial charge in [0.2, 0.25) is 0 Å². The molecule has 0 N–H and O–H groups in total. The van der Waals surface area contributed by atoms with Gasteiger partial charge in [-0.05, 0) is 38.7 Å². The van der Waals surface area contributed by atoms with Crippen LogP contribution in [0.5, 0.6) is 0 Å². The minimum absolute atomic E-state index is 0.332. The number of aldehydes is 1. The SMILES string of the molecule is CC1(C)OB(c2cccc(C=CCC=O)c2)OC1(C)C. The van der Waals surface area contributed by atoms with Gasteiger partial charge in [-0.1, -0.05) is 36.4 Å². The van der Waals surface area contributed by atoms with Crippen molar-refractivity contribution in [2.45, 2.75) is 45.3 Å². The zero-order valence-corrected chi connectivity index (χ0v) is 12.6. The molecule has 1 aromatic rings. The molecular formula is C16H21BO3. The Labute approximate surface area is 121 Å². The molecule has 0 aliphatic carbocycles. The van der Waals surface area contributed by atoms with Crippen molar-refractivity contribution in [2.24, 2.45) is 0 Å². The van der Waals surface area contributed by atoms with Gasteiger partial charge in [0.25, 0.3) is 0 Å². The average Bonchev–Trinajstić information content (AvgIpc) is 2.59. The van der Waals surface area contributed by atoms with Crippen LogP contribution in [-0.4, -0.2) is 24.6 Å². The average molecular weight is 272 g/mol. The molecule has 1 aliphatic heterocycles. The van der Waals surface area contributed by atoms with Crippen molar-refractivity contribution in [1.29, 1.82) is 0 Å². The molecule has 0 radical (unpaired) electrons. The molecule has 1 saturated heterocycles. The molecular weight excluding hydrogens is 251 g/mol. The zero-order valence-electron chi connectivity index (χ0n) is 12.6. The lowest BCUT2D eigenvalue weighted by Gasteiger charge is -2.32. The van der Waals surface area contributed by atoms with E-state index in [0.717, 1.165) is 17.3 Å². The summed E-state index contributed by atoms with van der Waals surface area (Å²) in [5.41, 5.74) is 1.37. The summed E-state index contributed by atoms with van der Waals surface area (Å²) in [6.45, 7) is 8.17. The van der Waals surface area contributed by atoms with Crippen LogP contribution in [0.3, 0.4) is 0 Å². The smallest absolute Gasteiger partial charge is 0.399 e. The predicted octanol–water partition coefficient (Wildman–Crippen LogP) is 2.59. The molecule has 2 rings (SSSR count). The number of rotatable bonds is 4. The van der Waals surface area contributed by atoms with Gasteiger partial charge in [-0.25, -0.2) is 0 Å². The Morgan fingerprint density at radius 1 is 1.15 bits per heavy atom. The van der Waals surface area contributed by atoms with Crippen LogP contribution in [-0.2, 0) is 14.1 Å². The number of benzene rings is 1. The first-order chi connectivity index (χ1) is 9.36. The highest BCUT2D eigenvalue weighted by molar-refractivity contribution is 6.62. The summed E-state index contributed by atoms with van der Waals surface area (Å²) in [7, 11) is -0.348. The second-order valence-corrected chi connectivity index (χ2v) is 6.06. The number of carbonyl (C=O) groups excluding carboxylic acids is 1. The Morgan fingerprint density at radius 3 is 2.40 bits per heavy atom. The van der Waals surface area contributed by atoms with Gasteiger partial charge in [-0.3, -0.25) is 0 Å². The summed E-state index contributed by atoms with van der Waals surface area (Å²) in [5.74, 6) is 0. The van der Waals surface area contributed by atoms with Crippen LogP contribution in [0.15, 0.2) is 30.3 Å². The van der Waals surface area contributed by atoms with E-state index in [-0.39, 0.29) is 18.3 Å². The van der Waals surface area contributed by atoms with E-state index >= 15 is 0 Å². The van der Waals surface area contributed by atoms with Crippen LogP contribution in [0, 0.1) is 0 Å². The van der Waals surface area contributed by atoms with Gasteiger partial charge < -0.3 is 14.1 Å². The van der Waals surface area contributed by atoms with Crippen molar-refractivity contribution in [1.82, 2.24) is 0 Å². The Kier molecular flexibility index (Phi) is 4.16. The molecule has 0 atom stereocenters. The molecule has 4 heteroatoms. The van der Waals surface area contributed by atoms with Crippen molar-refractivity contribution in [2.75, 3.05) is 0 Å². The summed E-state index contributed by atoms with van der Waals surface area (Å²) in [6, 6.07) is 8.00. The van der Waals surface area contributed by atoms with Crippen LogP contribution in [0.2, 0.25) is 0 Å². The van der Waals surface area contributed by atoms with Crippen molar-refractivity contribution in [3.8, 4) is 0 Å². The molecule has 20 heavy (non-hydrogen) atoms. The van der Waals surface area contributed by atoms with Gasteiger partial charge in [-0.15, -0.1) is 0 Å². The van der Waals surface area contributed by atoms with Crippen molar-refractivity contribution in [3.05, 3.63) is 35.9 Å². The van der Waals surface area contributed by atoms with E-state index in [1.807, 2.05) is 64.1 Å². The van der Waals surface area contributed by atoms with Crippen LogP contribution in [0.1, 0.15) is 39.7 Å².